The van der Waals surface area contributed by atoms with E-state index in [0.717, 1.165) is 57.9 Å². The molecule has 0 amide bonds. The minimum atomic E-state index is 0.933. The lowest BCUT2D eigenvalue weighted by atomic mass is 10.1. The summed E-state index contributed by atoms with van der Waals surface area (Å²) in [7, 11) is 2.19. The predicted octanol–water partition coefficient (Wildman–Crippen LogP) is 1.85. The van der Waals surface area contributed by atoms with Gasteiger partial charge in [-0.05, 0) is 19.2 Å². The first-order valence-corrected chi connectivity index (χ1v) is 9.14. The molecule has 0 unspecified atom stereocenters. The van der Waals surface area contributed by atoms with E-state index in [1.165, 1.54) is 15.7 Å². The topological polar surface area (TPSA) is 35.5 Å². The highest BCUT2D eigenvalue weighted by atomic mass is 32.1. The first-order chi connectivity index (χ1) is 11.3. The molecule has 2 aromatic rings. The maximum absolute atomic E-state index is 4.92. The first kappa shape index (κ1) is 15.1. The number of pyridine rings is 1. The lowest BCUT2D eigenvalue weighted by Crippen LogP contribution is -2.44. The number of piperazine rings is 1. The van der Waals surface area contributed by atoms with E-state index in [2.05, 4.69) is 38.9 Å². The molecule has 0 N–H and O–H groups in total. The van der Waals surface area contributed by atoms with Crippen LogP contribution in [0, 0.1) is 0 Å². The Kier molecular flexibility index (Phi) is 4.29. The molecule has 2 aromatic heterocycles. The summed E-state index contributed by atoms with van der Waals surface area (Å²) in [6.07, 6.45) is 2.94. The molecule has 5 nitrogen and oxygen atoms in total. The third-order valence-electron chi connectivity index (χ3n) is 4.68. The van der Waals surface area contributed by atoms with E-state index >= 15 is 0 Å². The predicted molar refractivity (Wildman–Crippen MR) is 93.9 cm³/mol. The quantitative estimate of drug-likeness (QED) is 0.859. The van der Waals surface area contributed by atoms with Gasteiger partial charge in [-0.3, -0.25) is 9.88 Å². The average Bonchev–Trinajstić information content (AvgIpc) is 3.00. The fraction of sp³-hybridized carbons (Fsp3) is 0.529. The van der Waals surface area contributed by atoms with E-state index in [1.54, 1.807) is 0 Å². The minimum Gasteiger partial charge on any atom is -0.346 e. The van der Waals surface area contributed by atoms with Gasteiger partial charge in [0.15, 0.2) is 5.13 Å². The second-order valence-electron chi connectivity index (χ2n) is 6.44. The molecule has 4 rings (SSSR count). The van der Waals surface area contributed by atoms with E-state index in [0.29, 0.717) is 0 Å². The van der Waals surface area contributed by atoms with Gasteiger partial charge in [0.2, 0.25) is 0 Å². The Balaban J connectivity index is 1.43. The number of thiazole rings is 1. The highest BCUT2D eigenvalue weighted by molar-refractivity contribution is 7.15. The Labute approximate surface area is 141 Å². The van der Waals surface area contributed by atoms with Crippen LogP contribution >= 0.6 is 11.3 Å². The summed E-state index contributed by atoms with van der Waals surface area (Å²) in [6.45, 7) is 7.49. The van der Waals surface area contributed by atoms with Gasteiger partial charge in [-0.25, -0.2) is 4.98 Å². The molecule has 0 spiro atoms. The largest absolute Gasteiger partial charge is 0.346 e. The van der Waals surface area contributed by atoms with Gasteiger partial charge in [-0.15, -0.1) is 11.3 Å². The Bertz CT molecular complexity index is 648. The van der Waals surface area contributed by atoms with E-state index in [-0.39, 0.29) is 0 Å². The molecule has 0 atom stereocenters. The van der Waals surface area contributed by atoms with Gasteiger partial charge >= 0.3 is 0 Å². The molecule has 0 radical (unpaired) electrons. The molecule has 0 aliphatic carbocycles. The van der Waals surface area contributed by atoms with Crippen LogP contribution in [0.4, 0.5) is 5.13 Å². The van der Waals surface area contributed by atoms with Crippen molar-refractivity contribution in [1.29, 1.82) is 0 Å². The zero-order valence-electron chi connectivity index (χ0n) is 13.6. The number of aromatic nitrogens is 2. The Morgan fingerprint density at radius 3 is 2.78 bits per heavy atom. The maximum Gasteiger partial charge on any atom is 0.185 e. The summed E-state index contributed by atoms with van der Waals surface area (Å²) in [5.41, 5.74) is 2.47. The maximum atomic E-state index is 4.92. The normalized spacial score (nSPS) is 19.8. The third kappa shape index (κ3) is 3.39. The van der Waals surface area contributed by atoms with Gasteiger partial charge in [-0.2, -0.15) is 0 Å². The molecule has 1 saturated heterocycles. The molecule has 23 heavy (non-hydrogen) atoms. The first-order valence-electron chi connectivity index (χ1n) is 8.32. The minimum absolute atomic E-state index is 0.933. The molecule has 2 aliphatic rings. The fourth-order valence-electron chi connectivity index (χ4n) is 3.22. The fourth-order valence-corrected chi connectivity index (χ4v) is 4.42. The van der Waals surface area contributed by atoms with Crippen LogP contribution in [0.5, 0.6) is 0 Å². The van der Waals surface area contributed by atoms with Crippen molar-refractivity contribution in [1.82, 2.24) is 19.8 Å². The Morgan fingerprint density at radius 2 is 2.00 bits per heavy atom. The van der Waals surface area contributed by atoms with Crippen molar-refractivity contribution in [2.45, 2.75) is 19.5 Å². The standard InChI is InChI=1S/C17H23N5S/c1-20-8-10-22(11-9-20)17-19-15-5-7-21(13-16(15)23-17)12-14-4-2-3-6-18-14/h2-4,6H,5,7-13H2,1H3. The highest BCUT2D eigenvalue weighted by Gasteiger charge is 2.24. The van der Waals surface area contributed by atoms with Crippen LogP contribution in [0.15, 0.2) is 24.4 Å². The summed E-state index contributed by atoms with van der Waals surface area (Å²) in [5.74, 6) is 0. The van der Waals surface area contributed by atoms with Crippen molar-refractivity contribution in [3.63, 3.8) is 0 Å². The number of rotatable bonds is 3. The van der Waals surface area contributed by atoms with Crippen LogP contribution in [0.2, 0.25) is 0 Å². The monoisotopic (exact) mass is 329 g/mol. The van der Waals surface area contributed by atoms with Gasteiger partial charge in [0, 0.05) is 63.3 Å². The van der Waals surface area contributed by atoms with Crippen LogP contribution in [0.1, 0.15) is 16.3 Å². The van der Waals surface area contributed by atoms with Crippen molar-refractivity contribution in [3.8, 4) is 0 Å². The van der Waals surface area contributed by atoms with E-state index in [9.17, 15) is 0 Å². The van der Waals surface area contributed by atoms with Gasteiger partial charge < -0.3 is 9.80 Å². The van der Waals surface area contributed by atoms with E-state index in [4.69, 9.17) is 4.98 Å². The summed E-state index contributed by atoms with van der Waals surface area (Å²) in [6, 6.07) is 6.15. The van der Waals surface area contributed by atoms with Crippen LogP contribution in [0.3, 0.4) is 0 Å². The molecular weight excluding hydrogens is 306 g/mol. The van der Waals surface area contributed by atoms with Crippen molar-refractivity contribution in [2.24, 2.45) is 0 Å². The van der Waals surface area contributed by atoms with Crippen molar-refractivity contribution >= 4 is 16.5 Å². The van der Waals surface area contributed by atoms with Gasteiger partial charge in [0.25, 0.3) is 0 Å². The second-order valence-corrected chi connectivity index (χ2v) is 7.50. The number of likely N-dealkylation sites (N-methyl/N-ethyl adjacent to an activating group) is 1. The molecule has 0 saturated carbocycles. The van der Waals surface area contributed by atoms with E-state index in [1.807, 2.05) is 23.6 Å². The molecular formula is C17H23N5S. The van der Waals surface area contributed by atoms with Crippen molar-refractivity contribution < 1.29 is 0 Å². The summed E-state index contributed by atoms with van der Waals surface area (Å²) < 4.78 is 0. The average molecular weight is 329 g/mol. The van der Waals surface area contributed by atoms with Crippen LogP contribution in [0.25, 0.3) is 0 Å². The number of fused-ring (bicyclic) bond motifs is 1. The van der Waals surface area contributed by atoms with Crippen molar-refractivity contribution in [2.75, 3.05) is 44.7 Å². The summed E-state index contributed by atoms with van der Waals surface area (Å²) in [5, 5.41) is 1.22. The molecule has 4 heterocycles. The molecule has 1 fully saturated rings. The van der Waals surface area contributed by atoms with Gasteiger partial charge in [-0.1, -0.05) is 6.07 Å². The molecule has 0 bridgehead atoms. The lowest BCUT2D eigenvalue weighted by molar-refractivity contribution is 0.244. The third-order valence-corrected chi connectivity index (χ3v) is 5.83. The number of anilines is 1. The van der Waals surface area contributed by atoms with Crippen molar-refractivity contribution in [3.05, 3.63) is 40.7 Å². The SMILES string of the molecule is CN1CCN(c2nc3c(s2)CN(Cc2ccccn2)CC3)CC1. The van der Waals surface area contributed by atoms with Crippen LogP contribution < -0.4 is 4.90 Å². The second kappa shape index (κ2) is 6.55. The zero-order chi connectivity index (χ0) is 15.6. The summed E-state index contributed by atoms with van der Waals surface area (Å²) in [4.78, 5) is 18.1. The number of hydrogen-bond donors (Lipinski definition) is 0. The van der Waals surface area contributed by atoms with Crippen LogP contribution in [-0.4, -0.2) is 59.5 Å². The molecule has 2 aliphatic heterocycles. The molecule has 122 valence electrons. The smallest absolute Gasteiger partial charge is 0.185 e. The zero-order valence-corrected chi connectivity index (χ0v) is 14.4. The highest BCUT2D eigenvalue weighted by Crippen LogP contribution is 2.31. The lowest BCUT2D eigenvalue weighted by Gasteiger charge is -2.32. The van der Waals surface area contributed by atoms with E-state index < -0.39 is 0 Å². The Morgan fingerprint density at radius 1 is 1.13 bits per heavy atom. The number of nitrogens with zero attached hydrogens (tertiary/aromatic N) is 5. The molecule has 6 heteroatoms. The Hall–Kier alpha value is -1.50. The number of hydrogen-bond acceptors (Lipinski definition) is 6. The van der Waals surface area contributed by atoms with Crippen LogP contribution in [-0.2, 0) is 19.5 Å². The van der Waals surface area contributed by atoms with Gasteiger partial charge in [0.05, 0.1) is 11.4 Å². The van der Waals surface area contributed by atoms with Gasteiger partial charge in [0.1, 0.15) is 0 Å². The molecule has 0 aromatic carbocycles. The summed E-state index contributed by atoms with van der Waals surface area (Å²) >= 11 is 1.89.